The van der Waals surface area contributed by atoms with Crippen LogP contribution in [0.15, 0.2) is 48.7 Å². The van der Waals surface area contributed by atoms with Gasteiger partial charge in [0.1, 0.15) is 5.75 Å². The highest BCUT2D eigenvalue weighted by Gasteiger charge is 2.12. The highest BCUT2D eigenvalue weighted by atomic mass is 16.5. The quantitative estimate of drug-likeness (QED) is 0.840. The van der Waals surface area contributed by atoms with Crippen molar-refractivity contribution in [2.24, 2.45) is 5.73 Å². The van der Waals surface area contributed by atoms with Crippen LogP contribution in [0, 0.1) is 0 Å². The Balaban J connectivity index is 2.07. The van der Waals surface area contributed by atoms with Crippen molar-refractivity contribution in [2.45, 2.75) is 25.7 Å². The monoisotopic (exact) mass is 270 g/mol. The van der Waals surface area contributed by atoms with Crippen molar-refractivity contribution in [3.63, 3.8) is 0 Å². The molecule has 0 saturated carbocycles. The summed E-state index contributed by atoms with van der Waals surface area (Å²) in [7, 11) is 0. The van der Waals surface area contributed by atoms with Crippen LogP contribution in [0.5, 0.6) is 5.75 Å². The van der Waals surface area contributed by atoms with Crippen LogP contribution in [0.1, 0.15) is 30.5 Å². The second-order valence-corrected chi connectivity index (χ2v) is 4.89. The third-order valence-electron chi connectivity index (χ3n) is 3.24. The summed E-state index contributed by atoms with van der Waals surface area (Å²) in [6, 6.07) is 14.2. The van der Waals surface area contributed by atoms with E-state index in [1.54, 1.807) is 0 Å². The van der Waals surface area contributed by atoms with Gasteiger partial charge in [0.15, 0.2) is 0 Å². The van der Waals surface area contributed by atoms with Crippen molar-refractivity contribution in [1.82, 2.24) is 4.98 Å². The Kier molecular flexibility index (Phi) is 5.56. The SMILES string of the molecule is CCCOc1cccc(CC(CN)c2ccccn2)c1. The van der Waals surface area contributed by atoms with Gasteiger partial charge in [-0.1, -0.05) is 25.1 Å². The van der Waals surface area contributed by atoms with Crippen molar-refractivity contribution >= 4 is 0 Å². The van der Waals surface area contributed by atoms with Gasteiger partial charge in [-0.2, -0.15) is 0 Å². The third-order valence-corrected chi connectivity index (χ3v) is 3.24. The molecule has 2 rings (SSSR count). The van der Waals surface area contributed by atoms with E-state index in [9.17, 15) is 0 Å². The highest BCUT2D eigenvalue weighted by molar-refractivity contribution is 5.30. The molecule has 1 unspecified atom stereocenters. The third kappa shape index (κ3) is 4.07. The molecular formula is C17H22N2O. The van der Waals surface area contributed by atoms with Gasteiger partial charge in [-0.25, -0.2) is 0 Å². The average Bonchev–Trinajstić information content (AvgIpc) is 2.52. The lowest BCUT2D eigenvalue weighted by molar-refractivity contribution is 0.317. The fourth-order valence-corrected chi connectivity index (χ4v) is 2.19. The normalized spacial score (nSPS) is 12.1. The zero-order valence-electron chi connectivity index (χ0n) is 12.0. The van der Waals surface area contributed by atoms with E-state index in [-0.39, 0.29) is 5.92 Å². The van der Waals surface area contributed by atoms with Gasteiger partial charge in [0, 0.05) is 24.4 Å². The molecule has 0 aliphatic rings. The van der Waals surface area contributed by atoms with E-state index in [0.29, 0.717) is 6.54 Å². The molecule has 0 amide bonds. The number of nitrogens with two attached hydrogens (primary N) is 1. The van der Waals surface area contributed by atoms with E-state index in [1.165, 1.54) is 5.56 Å². The van der Waals surface area contributed by atoms with E-state index in [1.807, 2.05) is 36.5 Å². The summed E-state index contributed by atoms with van der Waals surface area (Å²) >= 11 is 0. The molecule has 0 saturated heterocycles. The molecule has 0 spiro atoms. The minimum atomic E-state index is 0.248. The summed E-state index contributed by atoms with van der Waals surface area (Å²) in [4.78, 5) is 4.41. The summed E-state index contributed by atoms with van der Waals surface area (Å²) in [6.45, 7) is 3.45. The molecule has 0 fully saturated rings. The maximum Gasteiger partial charge on any atom is 0.119 e. The fourth-order valence-electron chi connectivity index (χ4n) is 2.19. The first-order valence-electron chi connectivity index (χ1n) is 7.16. The molecule has 1 atom stereocenters. The summed E-state index contributed by atoms with van der Waals surface area (Å²) in [5, 5.41) is 0. The van der Waals surface area contributed by atoms with Gasteiger partial charge >= 0.3 is 0 Å². The molecule has 20 heavy (non-hydrogen) atoms. The number of pyridine rings is 1. The molecule has 1 aromatic carbocycles. The molecule has 2 aromatic rings. The minimum Gasteiger partial charge on any atom is -0.494 e. The van der Waals surface area contributed by atoms with Crippen LogP contribution in [0.25, 0.3) is 0 Å². The molecule has 1 aromatic heterocycles. The lowest BCUT2D eigenvalue weighted by atomic mass is 9.95. The van der Waals surface area contributed by atoms with E-state index in [0.717, 1.165) is 30.9 Å². The van der Waals surface area contributed by atoms with Crippen molar-refractivity contribution in [3.8, 4) is 5.75 Å². The number of aromatic nitrogens is 1. The zero-order chi connectivity index (χ0) is 14.2. The summed E-state index contributed by atoms with van der Waals surface area (Å²) in [5.41, 5.74) is 8.19. The second-order valence-electron chi connectivity index (χ2n) is 4.89. The Bertz CT molecular complexity index is 513. The number of ether oxygens (including phenoxy) is 1. The Morgan fingerprint density at radius 2 is 2.10 bits per heavy atom. The number of hydrogen-bond donors (Lipinski definition) is 1. The van der Waals surface area contributed by atoms with Crippen molar-refractivity contribution in [2.75, 3.05) is 13.2 Å². The zero-order valence-corrected chi connectivity index (χ0v) is 12.0. The van der Waals surface area contributed by atoms with Crippen LogP contribution in [-0.2, 0) is 6.42 Å². The molecule has 1 heterocycles. The first kappa shape index (κ1) is 14.5. The molecule has 0 aliphatic heterocycles. The molecule has 2 N–H and O–H groups in total. The van der Waals surface area contributed by atoms with Gasteiger partial charge in [0.25, 0.3) is 0 Å². The predicted molar refractivity (Wildman–Crippen MR) is 82.0 cm³/mol. The van der Waals surface area contributed by atoms with Crippen molar-refractivity contribution in [3.05, 3.63) is 59.9 Å². The van der Waals surface area contributed by atoms with Gasteiger partial charge < -0.3 is 10.5 Å². The lowest BCUT2D eigenvalue weighted by Crippen LogP contribution is -2.16. The fraction of sp³-hybridized carbons (Fsp3) is 0.353. The molecule has 106 valence electrons. The first-order valence-corrected chi connectivity index (χ1v) is 7.16. The first-order chi connectivity index (χ1) is 9.83. The Labute approximate surface area is 120 Å². The molecule has 0 bridgehead atoms. The topological polar surface area (TPSA) is 48.1 Å². The maximum atomic E-state index is 5.90. The van der Waals surface area contributed by atoms with Crippen LogP contribution >= 0.6 is 0 Å². The second kappa shape index (κ2) is 7.65. The number of benzene rings is 1. The number of rotatable bonds is 7. The van der Waals surface area contributed by atoms with E-state index < -0.39 is 0 Å². The van der Waals surface area contributed by atoms with Gasteiger partial charge in [-0.05, 0) is 42.7 Å². The van der Waals surface area contributed by atoms with Crippen LogP contribution in [-0.4, -0.2) is 18.1 Å². The molecule has 0 aliphatic carbocycles. The minimum absolute atomic E-state index is 0.248. The van der Waals surface area contributed by atoms with Gasteiger partial charge in [-0.15, -0.1) is 0 Å². The van der Waals surface area contributed by atoms with Gasteiger partial charge in [0.05, 0.1) is 6.61 Å². The van der Waals surface area contributed by atoms with Crippen LogP contribution in [0.4, 0.5) is 0 Å². The van der Waals surface area contributed by atoms with Crippen LogP contribution in [0.2, 0.25) is 0 Å². The smallest absolute Gasteiger partial charge is 0.119 e. The van der Waals surface area contributed by atoms with Gasteiger partial charge in [0.2, 0.25) is 0 Å². The highest BCUT2D eigenvalue weighted by Crippen LogP contribution is 2.21. The average molecular weight is 270 g/mol. The van der Waals surface area contributed by atoms with Crippen LogP contribution in [0.3, 0.4) is 0 Å². The summed E-state index contributed by atoms with van der Waals surface area (Å²) in [6.07, 6.45) is 3.72. The molecule has 3 nitrogen and oxygen atoms in total. The van der Waals surface area contributed by atoms with Gasteiger partial charge in [-0.3, -0.25) is 4.98 Å². The van der Waals surface area contributed by atoms with E-state index in [4.69, 9.17) is 10.5 Å². The largest absolute Gasteiger partial charge is 0.494 e. The summed E-state index contributed by atoms with van der Waals surface area (Å²) in [5.74, 6) is 1.18. The predicted octanol–water partition coefficient (Wildman–Crippen LogP) is 3.16. The summed E-state index contributed by atoms with van der Waals surface area (Å²) < 4.78 is 5.67. The van der Waals surface area contributed by atoms with Crippen LogP contribution < -0.4 is 10.5 Å². The molecular weight excluding hydrogens is 248 g/mol. The number of nitrogens with zero attached hydrogens (tertiary/aromatic N) is 1. The lowest BCUT2D eigenvalue weighted by Gasteiger charge is -2.15. The Hall–Kier alpha value is -1.87. The standard InChI is InChI=1S/C17H22N2O/c1-2-10-20-16-7-5-6-14(12-16)11-15(13-18)17-8-3-4-9-19-17/h3-9,12,15H,2,10-11,13,18H2,1H3. The Morgan fingerprint density at radius 3 is 2.80 bits per heavy atom. The van der Waals surface area contributed by atoms with E-state index in [2.05, 4.69) is 24.0 Å². The number of hydrogen-bond acceptors (Lipinski definition) is 3. The molecule has 0 radical (unpaired) electrons. The van der Waals surface area contributed by atoms with E-state index >= 15 is 0 Å². The Morgan fingerprint density at radius 1 is 1.20 bits per heavy atom. The van der Waals surface area contributed by atoms with Crippen molar-refractivity contribution < 1.29 is 4.74 Å². The maximum absolute atomic E-state index is 5.90. The molecule has 3 heteroatoms. The van der Waals surface area contributed by atoms with Crippen molar-refractivity contribution in [1.29, 1.82) is 0 Å².